The third kappa shape index (κ3) is 2.75. The van der Waals surface area contributed by atoms with Gasteiger partial charge in [0.2, 0.25) is 0 Å². The number of methoxy groups -OCH3 is 1. The quantitative estimate of drug-likeness (QED) is 0.706. The van der Waals surface area contributed by atoms with Crippen LogP contribution in [-0.4, -0.2) is 13.7 Å². The fraction of sp³-hybridized carbons (Fsp3) is 0.250. The van der Waals surface area contributed by atoms with E-state index in [1.165, 1.54) is 0 Å². The maximum atomic E-state index is 8.90. The summed E-state index contributed by atoms with van der Waals surface area (Å²) in [5.41, 5.74) is 1.36. The molecule has 0 aromatic heterocycles. The van der Waals surface area contributed by atoms with E-state index in [0.717, 1.165) is 5.57 Å². The Balaban J connectivity index is 3.01. The molecule has 0 bridgehead atoms. The van der Waals surface area contributed by atoms with Gasteiger partial charge in [0.15, 0.2) is 11.5 Å². The van der Waals surface area contributed by atoms with Gasteiger partial charge in [-0.3, -0.25) is 0 Å². The zero-order valence-corrected chi connectivity index (χ0v) is 8.91. The molecular formula is C12H13NO2. The van der Waals surface area contributed by atoms with Gasteiger partial charge in [0.25, 0.3) is 0 Å². The Labute approximate surface area is 89.6 Å². The van der Waals surface area contributed by atoms with Gasteiger partial charge in [0, 0.05) is 0 Å². The van der Waals surface area contributed by atoms with E-state index in [2.05, 4.69) is 12.6 Å². The molecule has 0 unspecified atom stereocenters. The SMILES string of the molecule is C=C(C)COc1c(C#N)cccc1OC. The van der Waals surface area contributed by atoms with Crippen molar-refractivity contribution in [3.63, 3.8) is 0 Å². The Bertz CT molecular complexity index is 405. The zero-order chi connectivity index (χ0) is 11.3. The minimum atomic E-state index is 0.384. The molecule has 0 amide bonds. The highest BCUT2D eigenvalue weighted by Gasteiger charge is 2.09. The summed E-state index contributed by atoms with van der Waals surface area (Å²) in [5, 5.41) is 8.90. The summed E-state index contributed by atoms with van der Waals surface area (Å²) in [6.07, 6.45) is 0. The van der Waals surface area contributed by atoms with E-state index in [0.29, 0.717) is 23.7 Å². The molecule has 3 nitrogen and oxygen atoms in total. The molecule has 0 saturated heterocycles. The Hall–Kier alpha value is -1.95. The van der Waals surface area contributed by atoms with Crippen LogP contribution in [0.15, 0.2) is 30.4 Å². The van der Waals surface area contributed by atoms with Gasteiger partial charge >= 0.3 is 0 Å². The Morgan fingerprint density at radius 2 is 2.27 bits per heavy atom. The molecule has 0 aliphatic carbocycles. The first-order valence-corrected chi connectivity index (χ1v) is 4.53. The van der Waals surface area contributed by atoms with Gasteiger partial charge in [-0.15, -0.1) is 0 Å². The average molecular weight is 203 g/mol. The molecule has 0 fully saturated rings. The van der Waals surface area contributed by atoms with Crippen LogP contribution in [0.3, 0.4) is 0 Å². The van der Waals surface area contributed by atoms with E-state index >= 15 is 0 Å². The van der Waals surface area contributed by atoms with Gasteiger partial charge in [-0.25, -0.2) is 0 Å². The van der Waals surface area contributed by atoms with Crippen LogP contribution in [0.1, 0.15) is 12.5 Å². The number of nitriles is 1. The van der Waals surface area contributed by atoms with Crippen LogP contribution >= 0.6 is 0 Å². The molecule has 1 rings (SSSR count). The summed E-state index contributed by atoms with van der Waals surface area (Å²) >= 11 is 0. The predicted octanol–water partition coefficient (Wildman–Crippen LogP) is 2.52. The number of hydrogen-bond acceptors (Lipinski definition) is 3. The summed E-state index contributed by atoms with van der Waals surface area (Å²) in [6.45, 7) is 5.98. The second-order valence-corrected chi connectivity index (χ2v) is 3.19. The summed E-state index contributed by atoms with van der Waals surface area (Å²) in [5.74, 6) is 1.04. The normalized spacial score (nSPS) is 9.13. The van der Waals surface area contributed by atoms with E-state index in [4.69, 9.17) is 14.7 Å². The van der Waals surface area contributed by atoms with Crippen molar-refractivity contribution in [3.8, 4) is 17.6 Å². The highest BCUT2D eigenvalue weighted by Crippen LogP contribution is 2.30. The van der Waals surface area contributed by atoms with E-state index in [-0.39, 0.29) is 0 Å². The molecule has 1 aromatic carbocycles. The van der Waals surface area contributed by atoms with Crippen molar-refractivity contribution in [3.05, 3.63) is 35.9 Å². The van der Waals surface area contributed by atoms with Gasteiger partial charge < -0.3 is 9.47 Å². The van der Waals surface area contributed by atoms with Crippen molar-refractivity contribution in [2.75, 3.05) is 13.7 Å². The van der Waals surface area contributed by atoms with Crippen molar-refractivity contribution in [1.29, 1.82) is 5.26 Å². The topological polar surface area (TPSA) is 42.2 Å². The van der Waals surface area contributed by atoms with Crippen molar-refractivity contribution < 1.29 is 9.47 Å². The third-order valence-electron chi connectivity index (χ3n) is 1.78. The van der Waals surface area contributed by atoms with Crippen LogP contribution in [0.4, 0.5) is 0 Å². The number of hydrogen-bond donors (Lipinski definition) is 0. The number of benzene rings is 1. The third-order valence-corrected chi connectivity index (χ3v) is 1.78. The van der Waals surface area contributed by atoms with Crippen molar-refractivity contribution in [2.45, 2.75) is 6.92 Å². The predicted molar refractivity (Wildman–Crippen MR) is 58.0 cm³/mol. The average Bonchev–Trinajstić information content (AvgIpc) is 2.25. The van der Waals surface area contributed by atoms with Crippen LogP contribution in [-0.2, 0) is 0 Å². The molecule has 15 heavy (non-hydrogen) atoms. The fourth-order valence-electron chi connectivity index (χ4n) is 1.11. The molecule has 3 heteroatoms. The second-order valence-electron chi connectivity index (χ2n) is 3.19. The number of nitrogens with zero attached hydrogens (tertiary/aromatic N) is 1. The number of para-hydroxylation sites is 1. The molecule has 78 valence electrons. The smallest absolute Gasteiger partial charge is 0.179 e. The lowest BCUT2D eigenvalue weighted by atomic mass is 10.2. The van der Waals surface area contributed by atoms with E-state index in [9.17, 15) is 0 Å². The first-order valence-electron chi connectivity index (χ1n) is 4.53. The van der Waals surface area contributed by atoms with E-state index in [1.54, 1.807) is 25.3 Å². The molecule has 0 N–H and O–H groups in total. The molecule has 1 aromatic rings. The highest BCUT2D eigenvalue weighted by atomic mass is 16.5. The number of ether oxygens (including phenoxy) is 2. The van der Waals surface area contributed by atoms with Crippen molar-refractivity contribution in [2.24, 2.45) is 0 Å². The Morgan fingerprint density at radius 3 is 2.80 bits per heavy atom. The summed E-state index contributed by atoms with van der Waals surface area (Å²) in [7, 11) is 1.55. The first kappa shape index (κ1) is 11.1. The zero-order valence-electron chi connectivity index (χ0n) is 8.91. The second kappa shape index (κ2) is 5.06. The van der Waals surface area contributed by atoms with Gasteiger partial charge in [-0.05, 0) is 24.6 Å². The van der Waals surface area contributed by atoms with E-state index in [1.807, 2.05) is 6.92 Å². The van der Waals surface area contributed by atoms with Crippen LogP contribution in [0, 0.1) is 11.3 Å². The Kier molecular flexibility index (Phi) is 3.75. The molecule has 0 heterocycles. The van der Waals surface area contributed by atoms with Gasteiger partial charge in [0.05, 0.1) is 12.7 Å². The minimum absolute atomic E-state index is 0.384. The van der Waals surface area contributed by atoms with Crippen molar-refractivity contribution >= 4 is 0 Å². The first-order chi connectivity index (χ1) is 7.19. The summed E-state index contributed by atoms with van der Waals surface area (Å²) in [6, 6.07) is 7.26. The molecule has 0 aliphatic heterocycles. The lowest BCUT2D eigenvalue weighted by Crippen LogP contribution is -2.01. The molecule has 0 saturated carbocycles. The molecule has 0 radical (unpaired) electrons. The van der Waals surface area contributed by atoms with Gasteiger partial charge in [0.1, 0.15) is 12.7 Å². The summed E-state index contributed by atoms with van der Waals surface area (Å²) < 4.78 is 10.6. The fourth-order valence-corrected chi connectivity index (χ4v) is 1.11. The Morgan fingerprint density at radius 1 is 1.53 bits per heavy atom. The molecular weight excluding hydrogens is 190 g/mol. The maximum absolute atomic E-state index is 8.90. The van der Waals surface area contributed by atoms with Crippen LogP contribution in [0.5, 0.6) is 11.5 Å². The van der Waals surface area contributed by atoms with Crippen LogP contribution in [0.25, 0.3) is 0 Å². The maximum Gasteiger partial charge on any atom is 0.179 e. The van der Waals surface area contributed by atoms with Crippen molar-refractivity contribution in [1.82, 2.24) is 0 Å². The van der Waals surface area contributed by atoms with Crippen LogP contribution in [0.2, 0.25) is 0 Å². The lowest BCUT2D eigenvalue weighted by molar-refractivity contribution is 0.319. The van der Waals surface area contributed by atoms with E-state index < -0.39 is 0 Å². The highest BCUT2D eigenvalue weighted by molar-refractivity contribution is 5.52. The largest absolute Gasteiger partial charge is 0.493 e. The minimum Gasteiger partial charge on any atom is -0.493 e. The number of rotatable bonds is 4. The lowest BCUT2D eigenvalue weighted by Gasteiger charge is -2.11. The monoisotopic (exact) mass is 203 g/mol. The molecule has 0 spiro atoms. The molecule has 0 aliphatic rings. The molecule has 0 atom stereocenters. The van der Waals surface area contributed by atoms with Gasteiger partial charge in [-0.2, -0.15) is 5.26 Å². The van der Waals surface area contributed by atoms with Crippen LogP contribution < -0.4 is 9.47 Å². The summed E-state index contributed by atoms with van der Waals surface area (Å²) in [4.78, 5) is 0. The standard InChI is InChI=1S/C12H13NO2/c1-9(2)8-15-12-10(7-13)5-4-6-11(12)14-3/h4-6H,1,8H2,2-3H3. The van der Waals surface area contributed by atoms with Gasteiger partial charge in [-0.1, -0.05) is 12.6 Å².